The van der Waals surface area contributed by atoms with Crippen LogP contribution in [0, 0.1) is 0 Å². The van der Waals surface area contributed by atoms with E-state index in [4.69, 9.17) is 23.3 Å². The summed E-state index contributed by atoms with van der Waals surface area (Å²) in [4.78, 5) is 82.8. The van der Waals surface area contributed by atoms with E-state index in [2.05, 4.69) is 25.5 Å². The van der Waals surface area contributed by atoms with Gasteiger partial charge in [-0.1, -0.05) is 95.0 Å². The SMILES string of the molecule is CCCCCCCCO[C@H](COCCCCCCCCN=C([O-])OCc1ccccc1)COP(=O)(O)OC1[C@H](O)[C@H](OP(=O)([O-])[O-])C(OP(=O)([O-])[O-])[C@H](OP(=O)([O-])[O-])[C@H]1O.[Na+].[Na+].[Na+].[Na+].[Na+].[Na+].[Na+]. The molecule has 0 aliphatic heterocycles. The monoisotopic (exact) mass is 1100 g/mol. The summed E-state index contributed by atoms with van der Waals surface area (Å²) in [6.45, 7) is 2.16. The second-order valence-electron chi connectivity index (χ2n) is 13.7. The average Bonchev–Trinajstić information content (AvgIpc) is 3.15. The van der Waals surface area contributed by atoms with Gasteiger partial charge in [-0.25, -0.2) is 4.57 Å². The quantitative estimate of drug-likeness (QED) is 0.0198. The van der Waals surface area contributed by atoms with Crippen LogP contribution in [0.5, 0.6) is 0 Å². The van der Waals surface area contributed by atoms with Crippen LogP contribution >= 0.6 is 31.3 Å². The maximum atomic E-state index is 13.1. The normalized spacial score (nSPS) is 20.9. The second-order valence-corrected chi connectivity index (χ2v) is 18.5. The summed E-state index contributed by atoms with van der Waals surface area (Å²) >= 11 is 0. The first-order valence-electron chi connectivity index (χ1n) is 19.3. The molecule has 8 atom stereocenters. The van der Waals surface area contributed by atoms with Crippen LogP contribution in [-0.4, -0.2) is 96.9 Å². The fraction of sp³-hybridized carbons (Fsp3) is 0.788. The molecule has 34 heteroatoms. The molecule has 1 aliphatic carbocycles. The number of benzene rings is 1. The molecule has 1 fully saturated rings. The molecule has 0 saturated heterocycles. The molecular formula is C33H54NNa7O22P4. The Bertz CT molecular complexity index is 1550. The number of hydrogen-bond donors (Lipinski definition) is 3. The number of phosphoric ester groups is 4. The number of phosphoric acid groups is 4. The summed E-state index contributed by atoms with van der Waals surface area (Å²) in [5, 5.41) is 33.2. The minimum atomic E-state index is -6.31. The van der Waals surface area contributed by atoms with E-state index in [9.17, 15) is 67.8 Å². The van der Waals surface area contributed by atoms with Gasteiger partial charge >= 0.3 is 215 Å². The fourth-order valence-corrected chi connectivity index (χ4v) is 8.50. The molecule has 67 heavy (non-hydrogen) atoms. The third-order valence-corrected chi connectivity index (χ3v) is 11.2. The van der Waals surface area contributed by atoms with Gasteiger partial charge in [0.25, 0.3) is 0 Å². The van der Waals surface area contributed by atoms with Crippen molar-refractivity contribution in [2.24, 2.45) is 4.99 Å². The third-order valence-electron chi connectivity index (χ3n) is 8.72. The smallest absolute Gasteiger partial charge is 0.790 e. The Morgan fingerprint density at radius 2 is 1.06 bits per heavy atom. The van der Waals surface area contributed by atoms with Gasteiger partial charge in [-0.15, -0.1) is 0 Å². The van der Waals surface area contributed by atoms with E-state index >= 15 is 0 Å². The first-order valence-corrected chi connectivity index (χ1v) is 25.2. The zero-order valence-corrected chi connectivity index (χ0v) is 57.6. The van der Waals surface area contributed by atoms with E-state index < -0.39 is 86.7 Å². The molecule has 2 rings (SSSR count). The van der Waals surface area contributed by atoms with Crippen molar-refractivity contribution in [3.05, 3.63) is 35.9 Å². The average molecular weight is 1100 g/mol. The second kappa shape index (κ2) is 45.6. The van der Waals surface area contributed by atoms with Crippen molar-refractivity contribution in [3.8, 4) is 0 Å². The van der Waals surface area contributed by atoms with Crippen LogP contribution in [0.15, 0.2) is 35.3 Å². The first kappa shape index (κ1) is 84.1. The molecule has 0 aromatic heterocycles. The van der Waals surface area contributed by atoms with Crippen molar-refractivity contribution in [1.29, 1.82) is 0 Å². The van der Waals surface area contributed by atoms with E-state index in [-0.39, 0.29) is 233 Å². The number of aliphatic hydroxyl groups excluding tert-OH is 2. The van der Waals surface area contributed by atoms with Gasteiger partial charge < -0.3 is 91.1 Å². The van der Waals surface area contributed by atoms with E-state index in [0.29, 0.717) is 25.8 Å². The Labute approximate surface area is 547 Å². The number of nitrogens with zero attached hydrogens (tertiary/aromatic N) is 1. The predicted octanol–water partition coefficient (Wildman–Crippen LogP) is -22.1. The van der Waals surface area contributed by atoms with E-state index in [1.807, 2.05) is 30.3 Å². The van der Waals surface area contributed by atoms with Gasteiger partial charge in [-0.3, -0.25) is 14.0 Å². The van der Waals surface area contributed by atoms with Crippen LogP contribution in [0.25, 0.3) is 0 Å². The van der Waals surface area contributed by atoms with Crippen LogP contribution in [0.3, 0.4) is 0 Å². The van der Waals surface area contributed by atoms with Gasteiger partial charge in [0.05, 0.1) is 36.7 Å². The molecule has 0 radical (unpaired) electrons. The fourth-order valence-electron chi connectivity index (χ4n) is 5.90. The molecule has 0 amide bonds. The summed E-state index contributed by atoms with van der Waals surface area (Å²) in [5.41, 5.74) is 0.864. The molecule has 1 aromatic rings. The Morgan fingerprint density at radius 1 is 0.612 bits per heavy atom. The molecule has 350 valence electrons. The minimum Gasteiger partial charge on any atom is -0.790 e. The van der Waals surface area contributed by atoms with Gasteiger partial charge in [0, 0.05) is 26.4 Å². The number of aliphatic imine (C=N–C) groups is 1. The molecular weight excluding hydrogens is 1050 g/mol. The van der Waals surface area contributed by atoms with E-state index in [1.54, 1.807) is 0 Å². The number of aliphatic hydroxyl groups is 2. The Kier molecular flexibility index (Phi) is 57.2. The maximum Gasteiger partial charge on any atom is 1.00 e. The van der Waals surface area contributed by atoms with Crippen molar-refractivity contribution < 1.29 is 312 Å². The van der Waals surface area contributed by atoms with Crippen molar-refractivity contribution in [2.45, 2.75) is 133 Å². The molecule has 1 aliphatic rings. The van der Waals surface area contributed by atoms with Crippen LogP contribution in [0.1, 0.15) is 89.5 Å². The van der Waals surface area contributed by atoms with Crippen molar-refractivity contribution in [3.63, 3.8) is 0 Å². The summed E-state index contributed by atoms with van der Waals surface area (Å²) in [5.74, 6) is 0. The summed E-state index contributed by atoms with van der Waals surface area (Å²) < 4.78 is 85.7. The number of hydrogen-bond acceptors (Lipinski definition) is 22. The van der Waals surface area contributed by atoms with Gasteiger partial charge in [-0.2, -0.15) is 0 Å². The van der Waals surface area contributed by atoms with Crippen molar-refractivity contribution in [1.82, 2.24) is 0 Å². The Morgan fingerprint density at radius 3 is 1.55 bits per heavy atom. The Balaban J connectivity index is -0.00000133. The zero-order valence-electron chi connectivity index (χ0n) is 40.0. The van der Waals surface area contributed by atoms with E-state index in [1.165, 1.54) is 0 Å². The maximum absolute atomic E-state index is 13.1. The number of unbranched alkanes of at least 4 members (excludes halogenated alkanes) is 10. The van der Waals surface area contributed by atoms with Gasteiger partial charge in [0.1, 0.15) is 48.8 Å². The Hall–Kier alpha value is 5.77. The molecule has 0 spiro atoms. The molecule has 23 nitrogen and oxygen atoms in total. The molecule has 1 saturated carbocycles. The van der Waals surface area contributed by atoms with Crippen LogP contribution < -0.4 is 241 Å². The van der Waals surface area contributed by atoms with Crippen LogP contribution in [-0.2, 0) is 61.7 Å². The predicted molar refractivity (Wildman–Crippen MR) is 195 cm³/mol. The van der Waals surface area contributed by atoms with Gasteiger partial charge in [0.2, 0.25) is 0 Å². The van der Waals surface area contributed by atoms with Gasteiger partial charge in [0.15, 0.2) is 0 Å². The first-order chi connectivity index (χ1) is 28.1. The molecule has 1 aromatic carbocycles. The van der Waals surface area contributed by atoms with Gasteiger partial charge in [-0.05, 0) is 24.8 Å². The van der Waals surface area contributed by atoms with Crippen molar-refractivity contribution >= 4 is 37.4 Å². The zero-order chi connectivity index (χ0) is 44.8. The molecule has 3 N–H and O–H groups in total. The standard InChI is InChI=1S/C33H61NO22P4.7Na/c1-2-3-4-5-10-16-21-50-26(23-49-20-15-9-7-6-8-14-19-34-33(37)51-22-25-17-12-11-13-18-25)24-52-60(47,48)56-29-27(35)30(53-57(38,39)40)32(55-59(44,45)46)31(28(29)36)54-58(41,42)43;;;;;;;/h11-13,17-18,26-32,35-36H,2-10,14-16,19-24H2,1H3,(H,34,37)(H,47,48)(H2,38,39,40)(H2,41,42,43)(H2,44,45,46);;;;;;;/q;7*+1/p-7/t26-,27+,28+,29?,30-,31+,32?;;;;;;;/m1......./s1. The molecule has 3 unspecified atom stereocenters. The van der Waals surface area contributed by atoms with E-state index in [0.717, 1.165) is 63.4 Å². The number of ether oxygens (including phenoxy) is 3. The minimum absolute atomic E-state index is 0. The largest absolute Gasteiger partial charge is 1.00 e. The third kappa shape index (κ3) is 41.5. The summed E-state index contributed by atoms with van der Waals surface area (Å²) in [7, 11) is -24.4. The van der Waals surface area contributed by atoms with Crippen LogP contribution in [0.2, 0.25) is 0 Å². The summed E-state index contributed by atoms with van der Waals surface area (Å²) in [6.07, 6.45) is -8.64. The molecule has 0 bridgehead atoms. The number of rotatable bonds is 32. The van der Waals surface area contributed by atoms with Crippen molar-refractivity contribution in [2.75, 3.05) is 33.0 Å². The topological polar surface area (TPSA) is 377 Å². The molecule has 0 heterocycles. The summed E-state index contributed by atoms with van der Waals surface area (Å²) in [6, 6.07) is 9.24. The van der Waals surface area contributed by atoms with Crippen LogP contribution in [0.4, 0.5) is 0 Å².